The van der Waals surface area contributed by atoms with Gasteiger partial charge >= 0.3 is 0 Å². The monoisotopic (exact) mass is 344 g/mol. The molecule has 1 saturated carbocycles. The first kappa shape index (κ1) is 17.8. The van der Waals surface area contributed by atoms with Gasteiger partial charge in [0.1, 0.15) is 0 Å². The fourth-order valence-electron chi connectivity index (χ4n) is 3.81. The number of rotatable bonds is 5. The summed E-state index contributed by atoms with van der Waals surface area (Å²) in [4.78, 5) is 17.0. The van der Waals surface area contributed by atoms with E-state index in [0.717, 1.165) is 37.8 Å². The average Bonchev–Trinajstić information content (AvgIpc) is 3.20. The fraction of sp³-hybridized carbons (Fsp3) is 0.550. The van der Waals surface area contributed by atoms with Crippen molar-refractivity contribution in [2.45, 2.75) is 31.7 Å². The number of carbonyl (C=O) groups excluding carboxylic acids is 1. The van der Waals surface area contributed by atoms with E-state index in [9.17, 15) is 4.79 Å². The largest absolute Gasteiger partial charge is 0.493 e. The zero-order chi connectivity index (χ0) is 17.6. The first-order chi connectivity index (χ1) is 12.2. The Kier molecular flexibility index (Phi) is 5.97. The average molecular weight is 344 g/mol. The van der Waals surface area contributed by atoms with Crippen LogP contribution in [0.3, 0.4) is 0 Å². The summed E-state index contributed by atoms with van der Waals surface area (Å²) in [5.41, 5.74) is 0.926. The maximum Gasteiger partial charge on any atom is 0.246 e. The molecule has 25 heavy (non-hydrogen) atoms. The van der Waals surface area contributed by atoms with Crippen LogP contribution in [-0.4, -0.2) is 62.1 Å². The molecule has 136 valence electrons. The Labute approximate surface area is 150 Å². The van der Waals surface area contributed by atoms with E-state index in [1.165, 1.54) is 25.7 Å². The van der Waals surface area contributed by atoms with Crippen LogP contribution in [0.5, 0.6) is 11.5 Å². The molecule has 5 heteroatoms. The molecule has 0 unspecified atom stereocenters. The van der Waals surface area contributed by atoms with Gasteiger partial charge in [0.25, 0.3) is 0 Å². The minimum atomic E-state index is 0.0841. The Morgan fingerprint density at radius 1 is 1.04 bits per heavy atom. The van der Waals surface area contributed by atoms with Gasteiger partial charge in [-0.05, 0) is 36.6 Å². The summed E-state index contributed by atoms with van der Waals surface area (Å²) in [5, 5.41) is 0. The topological polar surface area (TPSA) is 42.0 Å². The number of nitrogens with zero attached hydrogens (tertiary/aromatic N) is 2. The molecule has 1 aliphatic heterocycles. The fourth-order valence-corrected chi connectivity index (χ4v) is 3.81. The number of piperazine rings is 1. The third-order valence-corrected chi connectivity index (χ3v) is 5.29. The number of hydrogen-bond donors (Lipinski definition) is 0. The first-order valence-electron chi connectivity index (χ1n) is 9.14. The third-order valence-electron chi connectivity index (χ3n) is 5.29. The highest BCUT2D eigenvalue weighted by Crippen LogP contribution is 2.28. The Bertz CT molecular complexity index is 615. The molecule has 3 rings (SSSR count). The molecular formula is C20H28N2O3. The molecule has 0 radical (unpaired) electrons. The van der Waals surface area contributed by atoms with Gasteiger partial charge in [-0.3, -0.25) is 9.69 Å². The van der Waals surface area contributed by atoms with Crippen molar-refractivity contribution in [3.05, 3.63) is 29.8 Å². The normalized spacial score (nSPS) is 19.5. The number of carbonyl (C=O) groups is 1. The van der Waals surface area contributed by atoms with E-state index in [1.54, 1.807) is 20.3 Å². The van der Waals surface area contributed by atoms with Crippen molar-refractivity contribution in [2.75, 3.05) is 40.4 Å². The molecule has 1 heterocycles. The molecule has 2 aliphatic rings. The number of benzene rings is 1. The van der Waals surface area contributed by atoms with Gasteiger partial charge in [0.2, 0.25) is 5.91 Å². The molecule has 1 aromatic carbocycles. The Morgan fingerprint density at radius 3 is 2.36 bits per heavy atom. The standard InChI is InChI=1S/C20H28N2O3/c1-24-18-9-7-16(15-19(18)25-2)8-10-20(23)22-13-11-21(12-14-22)17-5-3-4-6-17/h7-10,15,17H,3-6,11-14H2,1-2H3/b10-8+. The van der Waals surface area contributed by atoms with Crippen LogP contribution in [0.25, 0.3) is 6.08 Å². The zero-order valence-electron chi connectivity index (χ0n) is 15.2. The van der Waals surface area contributed by atoms with Gasteiger partial charge < -0.3 is 14.4 Å². The quantitative estimate of drug-likeness (QED) is 0.771. The number of ether oxygens (including phenoxy) is 2. The second-order valence-corrected chi connectivity index (χ2v) is 6.75. The molecule has 2 fully saturated rings. The van der Waals surface area contributed by atoms with Crippen LogP contribution in [0.1, 0.15) is 31.2 Å². The molecule has 1 saturated heterocycles. The molecular weight excluding hydrogens is 316 g/mol. The molecule has 5 nitrogen and oxygen atoms in total. The summed E-state index contributed by atoms with van der Waals surface area (Å²) in [6.07, 6.45) is 8.87. The lowest BCUT2D eigenvalue weighted by Crippen LogP contribution is -2.51. The predicted molar refractivity (Wildman–Crippen MR) is 99.0 cm³/mol. The second kappa shape index (κ2) is 8.39. The molecule has 0 bridgehead atoms. The summed E-state index contributed by atoms with van der Waals surface area (Å²) in [5.74, 6) is 1.44. The highest BCUT2D eigenvalue weighted by molar-refractivity contribution is 5.92. The van der Waals surface area contributed by atoms with E-state index in [2.05, 4.69) is 4.90 Å². The van der Waals surface area contributed by atoms with Crippen LogP contribution in [-0.2, 0) is 4.79 Å². The van der Waals surface area contributed by atoms with Crippen LogP contribution in [0.2, 0.25) is 0 Å². The van der Waals surface area contributed by atoms with Gasteiger partial charge in [-0.1, -0.05) is 18.9 Å². The predicted octanol–water partition coefficient (Wildman–Crippen LogP) is 2.80. The van der Waals surface area contributed by atoms with Crippen molar-refractivity contribution in [1.82, 2.24) is 9.80 Å². The minimum absolute atomic E-state index is 0.0841. The van der Waals surface area contributed by atoms with Crippen molar-refractivity contribution in [2.24, 2.45) is 0 Å². The molecule has 0 atom stereocenters. The van der Waals surface area contributed by atoms with Crippen LogP contribution in [0, 0.1) is 0 Å². The van der Waals surface area contributed by atoms with Gasteiger partial charge in [-0.25, -0.2) is 0 Å². The summed E-state index contributed by atoms with van der Waals surface area (Å²) >= 11 is 0. The molecule has 0 N–H and O–H groups in total. The van der Waals surface area contributed by atoms with Gasteiger partial charge in [-0.15, -0.1) is 0 Å². The molecule has 1 aliphatic carbocycles. The lowest BCUT2D eigenvalue weighted by Gasteiger charge is -2.37. The minimum Gasteiger partial charge on any atom is -0.493 e. The Balaban J connectivity index is 1.54. The van der Waals surface area contributed by atoms with Gasteiger partial charge in [0.05, 0.1) is 14.2 Å². The van der Waals surface area contributed by atoms with Crippen molar-refractivity contribution >= 4 is 12.0 Å². The SMILES string of the molecule is COc1ccc(/C=C/C(=O)N2CCN(C3CCCC3)CC2)cc1OC. The summed E-state index contributed by atoms with van der Waals surface area (Å²) in [7, 11) is 3.22. The van der Waals surface area contributed by atoms with E-state index in [-0.39, 0.29) is 5.91 Å². The first-order valence-corrected chi connectivity index (χ1v) is 9.14. The van der Waals surface area contributed by atoms with E-state index in [0.29, 0.717) is 11.5 Å². The molecule has 0 aromatic heterocycles. The lowest BCUT2D eigenvalue weighted by atomic mass is 10.1. The van der Waals surface area contributed by atoms with Crippen molar-refractivity contribution in [3.63, 3.8) is 0 Å². The zero-order valence-corrected chi connectivity index (χ0v) is 15.2. The summed E-state index contributed by atoms with van der Waals surface area (Å²) in [6.45, 7) is 3.65. The van der Waals surface area contributed by atoms with Crippen LogP contribution in [0.4, 0.5) is 0 Å². The summed E-state index contributed by atoms with van der Waals surface area (Å²) in [6, 6.07) is 6.40. The van der Waals surface area contributed by atoms with Gasteiger partial charge in [-0.2, -0.15) is 0 Å². The van der Waals surface area contributed by atoms with Crippen LogP contribution >= 0.6 is 0 Å². The highest BCUT2D eigenvalue weighted by atomic mass is 16.5. The van der Waals surface area contributed by atoms with Crippen LogP contribution < -0.4 is 9.47 Å². The van der Waals surface area contributed by atoms with E-state index < -0.39 is 0 Å². The second-order valence-electron chi connectivity index (χ2n) is 6.75. The van der Waals surface area contributed by atoms with E-state index in [4.69, 9.17) is 9.47 Å². The Hall–Kier alpha value is -2.01. The molecule has 1 amide bonds. The van der Waals surface area contributed by atoms with Gasteiger partial charge in [0.15, 0.2) is 11.5 Å². The maximum atomic E-state index is 12.4. The molecule has 1 aromatic rings. The van der Waals surface area contributed by atoms with Crippen LogP contribution in [0.15, 0.2) is 24.3 Å². The maximum absolute atomic E-state index is 12.4. The van der Waals surface area contributed by atoms with Crippen molar-refractivity contribution < 1.29 is 14.3 Å². The number of methoxy groups -OCH3 is 2. The van der Waals surface area contributed by atoms with E-state index >= 15 is 0 Å². The third kappa shape index (κ3) is 4.34. The number of hydrogen-bond acceptors (Lipinski definition) is 4. The van der Waals surface area contributed by atoms with Crippen molar-refractivity contribution in [1.29, 1.82) is 0 Å². The van der Waals surface area contributed by atoms with Crippen molar-refractivity contribution in [3.8, 4) is 11.5 Å². The van der Waals surface area contributed by atoms with Gasteiger partial charge in [0, 0.05) is 38.3 Å². The Morgan fingerprint density at radius 2 is 1.72 bits per heavy atom. The number of amides is 1. The lowest BCUT2D eigenvalue weighted by molar-refractivity contribution is -0.127. The smallest absolute Gasteiger partial charge is 0.246 e. The summed E-state index contributed by atoms with van der Waals surface area (Å²) < 4.78 is 10.5. The molecule has 0 spiro atoms. The highest BCUT2D eigenvalue weighted by Gasteiger charge is 2.27. The van der Waals surface area contributed by atoms with E-state index in [1.807, 2.05) is 29.2 Å².